The number of aromatic nitrogens is 2. The molecule has 80 heavy (non-hydrogen) atoms. The number of aryl methyl sites for hydroxylation is 8. The lowest BCUT2D eigenvalue weighted by Gasteiger charge is -2.21. The molecule has 2 aromatic heterocycles. The number of nitriles is 1. The second kappa shape index (κ2) is 19.1. The molecule has 12 rings (SSSR count). The fourth-order valence-electron chi connectivity index (χ4n) is 12.2. The number of hydrogen-bond acceptors (Lipinski definition) is 1. The lowest BCUT2D eigenvalue weighted by molar-refractivity contribution is -0.143. The first-order valence-electron chi connectivity index (χ1n) is 26.5. The smallest absolute Gasteiger partial charge is 0.309 e. The number of fused-ring (bicyclic) bond motifs is 6. The van der Waals surface area contributed by atoms with Crippen molar-refractivity contribution in [1.29, 1.82) is 5.26 Å². The Morgan fingerprint density at radius 3 is 0.912 bits per heavy atom. The SMILES string of the molecule is Cc1ccc(-c2ccc3c4ccc(-c5ccc(C)cc5C)cc4n(-c4cc(-c5cc(C(F)(F)F)cc(C(F)(F)F)c5)c(-n5c6cc(-c7ccc(C)cc7C)ccc6c6ccc(-c7ccc(C)cc7C)cc65)cc4C#N)c3c2)c(C)c1. The first-order chi connectivity index (χ1) is 38.1. The van der Waals surface area contributed by atoms with Crippen molar-refractivity contribution in [1.82, 2.24) is 9.13 Å². The molecule has 12 aromatic rings. The monoisotopic (exact) mass is 1060 g/mol. The van der Waals surface area contributed by atoms with Crippen molar-refractivity contribution in [2.45, 2.75) is 67.7 Å². The van der Waals surface area contributed by atoms with Gasteiger partial charge in [0.25, 0.3) is 0 Å². The summed E-state index contributed by atoms with van der Waals surface area (Å²) in [6.07, 6.45) is -10.3. The lowest BCUT2D eigenvalue weighted by Crippen LogP contribution is -2.11. The lowest BCUT2D eigenvalue weighted by atomic mass is 9.95. The largest absolute Gasteiger partial charge is 0.416 e. The Morgan fingerprint density at radius 2 is 0.625 bits per heavy atom. The molecule has 0 N–H and O–H groups in total. The van der Waals surface area contributed by atoms with Crippen LogP contribution in [0.5, 0.6) is 0 Å². The van der Waals surface area contributed by atoms with Gasteiger partial charge in [-0.25, -0.2) is 0 Å². The van der Waals surface area contributed by atoms with Gasteiger partial charge in [0.1, 0.15) is 6.07 Å². The Balaban J connectivity index is 1.25. The molecule has 0 unspecified atom stereocenters. The van der Waals surface area contributed by atoms with Gasteiger partial charge in [-0.15, -0.1) is 0 Å². The summed E-state index contributed by atoms with van der Waals surface area (Å²) in [7, 11) is 0. The summed E-state index contributed by atoms with van der Waals surface area (Å²) in [6.45, 7) is 16.3. The Kier molecular flexibility index (Phi) is 12.3. The number of benzene rings is 10. The average Bonchev–Trinajstić information content (AvgIpc) is 3.97. The zero-order chi connectivity index (χ0) is 56.3. The summed E-state index contributed by atoms with van der Waals surface area (Å²) < 4.78 is 94.9. The first kappa shape index (κ1) is 51.6. The molecule has 0 amide bonds. The molecule has 10 aromatic carbocycles. The summed E-state index contributed by atoms with van der Waals surface area (Å²) in [5, 5.41) is 15.0. The van der Waals surface area contributed by atoms with E-state index < -0.39 is 23.5 Å². The van der Waals surface area contributed by atoms with Crippen LogP contribution < -0.4 is 0 Å². The van der Waals surface area contributed by atoms with Crippen LogP contribution in [0, 0.1) is 66.7 Å². The molecule has 0 aliphatic heterocycles. The highest BCUT2D eigenvalue weighted by atomic mass is 19.4. The number of hydrogen-bond donors (Lipinski definition) is 0. The molecular weight excluding hydrogens is 1010 g/mol. The van der Waals surface area contributed by atoms with E-state index in [4.69, 9.17) is 0 Å². The van der Waals surface area contributed by atoms with Crippen molar-refractivity contribution in [3.63, 3.8) is 0 Å². The number of halogens is 6. The third-order valence-corrected chi connectivity index (χ3v) is 15.9. The molecule has 0 aliphatic carbocycles. The minimum absolute atomic E-state index is 0.0503. The summed E-state index contributed by atoms with van der Waals surface area (Å²) in [4.78, 5) is 0. The van der Waals surface area contributed by atoms with Gasteiger partial charge >= 0.3 is 12.4 Å². The molecule has 3 nitrogen and oxygen atoms in total. The van der Waals surface area contributed by atoms with Crippen LogP contribution in [0.3, 0.4) is 0 Å². The van der Waals surface area contributed by atoms with Crippen molar-refractivity contribution in [3.8, 4) is 73.1 Å². The normalized spacial score (nSPS) is 12.1. The summed E-state index contributed by atoms with van der Waals surface area (Å²) in [5.74, 6) is 0. The van der Waals surface area contributed by atoms with E-state index in [0.717, 1.165) is 123 Å². The molecule has 0 atom stereocenters. The minimum atomic E-state index is -5.15. The molecular formula is C71H53F6N3. The van der Waals surface area contributed by atoms with Gasteiger partial charge < -0.3 is 9.13 Å². The van der Waals surface area contributed by atoms with Crippen LogP contribution in [0.25, 0.3) is 111 Å². The van der Waals surface area contributed by atoms with Crippen molar-refractivity contribution in [3.05, 3.63) is 237 Å². The predicted octanol–water partition coefficient (Wildman–Crippen LogP) is 20.6. The number of nitrogens with zero attached hydrogens (tertiary/aromatic N) is 3. The maximum Gasteiger partial charge on any atom is 0.416 e. The Morgan fingerprint density at radius 1 is 0.312 bits per heavy atom. The molecule has 0 radical (unpaired) electrons. The van der Waals surface area contributed by atoms with E-state index in [1.807, 2.05) is 137 Å². The topological polar surface area (TPSA) is 33.6 Å². The first-order valence-corrected chi connectivity index (χ1v) is 26.5. The Labute approximate surface area is 460 Å². The Hall–Kier alpha value is -9.13. The van der Waals surface area contributed by atoms with Gasteiger partial charge in [-0.1, -0.05) is 144 Å². The zero-order valence-corrected chi connectivity index (χ0v) is 45.4. The fraction of sp³-hybridized carbons (Fsp3) is 0.141. The highest BCUT2D eigenvalue weighted by Gasteiger charge is 2.38. The number of rotatable bonds is 7. The fourth-order valence-corrected chi connectivity index (χ4v) is 12.2. The van der Waals surface area contributed by atoms with Crippen LogP contribution in [0.15, 0.2) is 176 Å². The molecule has 0 aliphatic rings. The second-order valence-corrected chi connectivity index (χ2v) is 21.7. The molecule has 0 bridgehead atoms. The van der Waals surface area contributed by atoms with Crippen molar-refractivity contribution >= 4 is 43.6 Å². The van der Waals surface area contributed by atoms with E-state index in [-0.39, 0.29) is 34.1 Å². The van der Waals surface area contributed by atoms with E-state index in [0.29, 0.717) is 22.1 Å². The standard InChI is InChI=1S/C71H53F6N3/c1-39-9-17-55(43(5)25-39)47-13-21-59-60-22-14-48(56-18-10-40(2)26-44(56)6)32-66(60)79(65(59)31-47)64-37-63(51-29-53(70(72,73)74)36-54(30-51)71(75,76)77)69(35-52(64)38-78)80-67-33-49(57-19-11-41(3)27-45(57)7)15-23-61(67)62-24-16-50(34-68(62)80)58-20-12-42(4)28-46(58)8/h9-37H,1-8H3. The van der Waals surface area contributed by atoms with E-state index >= 15 is 26.3 Å². The summed E-state index contributed by atoms with van der Waals surface area (Å²) in [5.41, 5.74) is 16.0. The Bertz CT molecular complexity index is 4360. The van der Waals surface area contributed by atoms with Gasteiger partial charge in [0, 0.05) is 27.1 Å². The van der Waals surface area contributed by atoms with E-state index in [1.54, 1.807) is 12.1 Å². The van der Waals surface area contributed by atoms with Crippen LogP contribution in [0.2, 0.25) is 0 Å². The van der Waals surface area contributed by atoms with Crippen LogP contribution in [-0.4, -0.2) is 9.13 Å². The third kappa shape index (κ3) is 8.89. The summed E-state index contributed by atoms with van der Waals surface area (Å²) >= 11 is 0. The molecule has 0 spiro atoms. The van der Waals surface area contributed by atoms with Crippen molar-refractivity contribution in [2.24, 2.45) is 0 Å². The van der Waals surface area contributed by atoms with Gasteiger partial charge in [0.05, 0.1) is 50.1 Å². The molecule has 0 fully saturated rings. The van der Waals surface area contributed by atoms with Crippen LogP contribution in [0.1, 0.15) is 61.2 Å². The van der Waals surface area contributed by atoms with Crippen LogP contribution >= 0.6 is 0 Å². The van der Waals surface area contributed by atoms with Crippen molar-refractivity contribution < 1.29 is 26.3 Å². The predicted molar refractivity (Wildman–Crippen MR) is 315 cm³/mol. The molecule has 0 saturated carbocycles. The maximum atomic E-state index is 15.2. The van der Waals surface area contributed by atoms with Crippen molar-refractivity contribution in [2.75, 3.05) is 0 Å². The second-order valence-electron chi connectivity index (χ2n) is 21.7. The van der Waals surface area contributed by atoms with Gasteiger partial charge in [-0.2, -0.15) is 31.6 Å². The highest BCUT2D eigenvalue weighted by molar-refractivity contribution is 6.13. The molecule has 2 heterocycles. The summed E-state index contributed by atoms with van der Waals surface area (Å²) in [6, 6.07) is 56.8. The number of alkyl halides is 6. The average molecular weight is 1060 g/mol. The maximum absolute atomic E-state index is 15.2. The van der Waals surface area contributed by atoms with Gasteiger partial charge in [-0.3, -0.25) is 0 Å². The molecule has 0 saturated heterocycles. The van der Waals surface area contributed by atoms with E-state index in [9.17, 15) is 5.26 Å². The quantitative estimate of drug-likeness (QED) is 0.146. The van der Waals surface area contributed by atoms with Crippen LogP contribution in [0.4, 0.5) is 26.3 Å². The highest BCUT2D eigenvalue weighted by Crippen LogP contribution is 2.47. The van der Waals surface area contributed by atoms with E-state index in [2.05, 4.69) is 78.9 Å². The van der Waals surface area contributed by atoms with Gasteiger partial charge in [-0.05, 0) is 182 Å². The zero-order valence-electron chi connectivity index (χ0n) is 45.4. The van der Waals surface area contributed by atoms with E-state index in [1.165, 1.54) is 0 Å². The molecule has 394 valence electrons. The third-order valence-electron chi connectivity index (χ3n) is 15.9. The van der Waals surface area contributed by atoms with Gasteiger partial charge in [0.15, 0.2) is 0 Å². The van der Waals surface area contributed by atoms with Crippen LogP contribution in [-0.2, 0) is 12.4 Å². The molecule has 9 heteroatoms. The minimum Gasteiger partial charge on any atom is -0.309 e. The van der Waals surface area contributed by atoms with Gasteiger partial charge in [0.2, 0.25) is 0 Å².